The standard InChI is InChI=1S/C22H20Br2N2O3/c1-28-18-9-7-16(8-10-18)25-13-15-11-19(23)22(20(24)12-15)29-14-21(27)26-17-5-3-2-4-6-17/h2-12,25H,13-14H2,1H3,(H,26,27). The molecule has 0 aliphatic carbocycles. The van der Waals surface area contributed by atoms with E-state index in [0.29, 0.717) is 12.3 Å². The molecule has 2 N–H and O–H groups in total. The molecule has 7 heteroatoms. The first-order chi connectivity index (χ1) is 14.0. The Morgan fingerprint density at radius 1 is 0.931 bits per heavy atom. The first kappa shape index (κ1) is 21.2. The minimum absolute atomic E-state index is 0.0878. The summed E-state index contributed by atoms with van der Waals surface area (Å²) >= 11 is 7.06. The second kappa shape index (κ2) is 10.3. The number of para-hydroxylation sites is 1. The van der Waals surface area contributed by atoms with E-state index in [1.807, 2.05) is 66.7 Å². The summed E-state index contributed by atoms with van der Waals surface area (Å²) in [6, 6.07) is 20.9. The highest BCUT2D eigenvalue weighted by atomic mass is 79.9. The van der Waals surface area contributed by atoms with E-state index in [2.05, 4.69) is 42.5 Å². The molecule has 3 aromatic carbocycles. The normalized spacial score (nSPS) is 10.3. The maximum Gasteiger partial charge on any atom is 0.262 e. The molecule has 0 aliphatic rings. The van der Waals surface area contributed by atoms with Gasteiger partial charge in [-0.25, -0.2) is 0 Å². The van der Waals surface area contributed by atoms with Gasteiger partial charge < -0.3 is 20.1 Å². The fourth-order valence-electron chi connectivity index (χ4n) is 2.62. The smallest absolute Gasteiger partial charge is 0.262 e. The first-order valence-corrected chi connectivity index (χ1v) is 10.5. The Bertz CT molecular complexity index is 941. The van der Waals surface area contributed by atoms with Crippen molar-refractivity contribution in [2.24, 2.45) is 0 Å². The number of hydrogen-bond donors (Lipinski definition) is 2. The van der Waals surface area contributed by atoms with E-state index in [-0.39, 0.29) is 12.5 Å². The maximum absolute atomic E-state index is 12.1. The van der Waals surface area contributed by atoms with Crippen LogP contribution in [0.25, 0.3) is 0 Å². The Morgan fingerprint density at radius 2 is 1.59 bits per heavy atom. The third-order valence-electron chi connectivity index (χ3n) is 4.05. The Hall–Kier alpha value is -2.51. The Balaban J connectivity index is 1.57. The van der Waals surface area contributed by atoms with Gasteiger partial charge in [0.25, 0.3) is 5.91 Å². The van der Waals surface area contributed by atoms with Crippen molar-refractivity contribution in [2.45, 2.75) is 6.54 Å². The average Bonchev–Trinajstić information content (AvgIpc) is 2.72. The lowest BCUT2D eigenvalue weighted by molar-refractivity contribution is -0.118. The summed E-state index contributed by atoms with van der Waals surface area (Å²) in [6.45, 7) is 0.549. The van der Waals surface area contributed by atoms with Crippen LogP contribution in [-0.2, 0) is 11.3 Å². The lowest BCUT2D eigenvalue weighted by Gasteiger charge is -2.13. The first-order valence-electron chi connectivity index (χ1n) is 8.88. The number of methoxy groups -OCH3 is 1. The van der Waals surface area contributed by atoms with Crippen LogP contribution in [0.1, 0.15) is 5.56 Å². The van der Waals surface area contributed by atoms with Crippen molar-refractivity contribution in [1.82, 2.24) is 0 Å². The Labute approximate surface area is 186 Å². The van der Waals surface area contributed by atoms with Crippen molar-refractivity contribution in [3.63, 3.8) is 0 Å². The third kappa shape index (κ3) is 6.24. The number of halogens is 2. The summed E-state index contributed by atoms with van der Waals surface area (Å²) in [5.41, 5.74) is 2.79. The molecule has 150 valence electrons. The van der Waals surface area contributed by atoms with Crippen LogP contribution in [0, 0.1) is 0 Å². The molecule has 3 rings (SSSR count). The second-order valence-electron chi connectivity index (χ2n) is 6.17. The van der Waals surface area contributed by atoms with E-state index in [1.165, 1.54) is 0 Å². The van der Waals surface area contributed by atoms with Gasteiger partial charge in [0.2, 0.25) is 0 Å². The van der Waals surface area contributed by atoms with Crippen LogP contribution >= 0.6 is 31.9 Å². The van der Waals surface area contributed by atoms with Crippen LogP contribution in [0.4, 0.5) is 11.4 Å². The molecule has 0 spiro atoms. The number of anilines is 2. The number of hydrogen-bond acceptors (Lipinski definition) is 4. The zero-order valence-corrected chi connectivity index (χ0v) is 18.9. The van der Waals surface area contributed by atoms with E-state index in [4.69, 9.17) is 9.47 Å². The van der Waals surface area contributed by atoms with Crippen LogP contribution in [0.15, 0.2) is 75.7 Å². The minimum atomic E-state index is -0.222. The van der Waals surface area contributed by atoms with Gasteiger partial charge in [0.05, 0.1) is 16.1 Å². The van der Waals surface area contributed by atoms with Crippen molar-refractivity contribution < 1.29 is 14.3 Å². The molecular formula is C22H20Br2N2O3. The van der Waals surface area contributed by atoms with Crippen molar-refractivity contribution in [3.8, 4) is 11.5 Å². The number of ether oxygens (including phenoxy) is 2. The number of benzene rings is 3. The summed E-state index contributed by atoms with van der Waals surface area (Å²) in [5.74, 6) is 1.18. The van der Waals surface area contributed by atoms with Gasteiger partial charge in [-0.05, 0) is 86.0 Å². The molecule has 0 saturated carbocycles. The van der Waals surface area contributed by atoms with Crippen LogP contribution in [0.2, 0.25) is 0 Å². The quantitative estimate of drug-likeness (QED) is 0.392. The summed E-state index contributed by atoms with van der Waals surface area (Å²) in [5, 5.41) is 6.16. The molecule has 0 bridgehead atoms. The summed E-state index contributed by atoms with van der Waals surface area (Å²) in [6.07, 6.45) is 0. The van der Waals surface area contributed by atoms with Gasteiger partial charge in [0.15, 0.2) is 6.61 Å². The van der Waals surface area contributed by atoms with E-state index in [0.717, 1.165) is 31.6 Å². The van der Waals surface area contributed by atoms with Gasteiger partial charge in [-0.2, -0.15) is 0 Å². The number of rotatable bonds is 8. The molecule has 3 aromatic rings. The minimum Gasteiger partial charge on any atom is -0.497 e. The fraction of sp³-hybridized carbons (Fsp3) is 0.136. The maximum atomic E-state index is 12.1. The average molecular weight is 520 g/mol. The molecule has 0 heterocycles. The van der Waals surface area contributed by atoms with Gasteiger partial charge in [-0.15, -0.1) is 0 Å². The molecule has 1 amide bonds. The van der Waals surface area contributed by atoms with Crippen LogP contribution in [-0.4, -0.2) is 19.6 Å². The van der Waals surface area contributed by atoms with Gasteiger partial charge in [-0.1, -0.05) is 18.2 Å². The molecule has 0 aliphatic heterocycles. The number of carbonyl (C=O) groups excluding carboxylic acids is 1. The van der Waals surface area contributed by atoms with Gasteiger partial charge in [-0.3, -0.25) is 4.79 Å². The molecule has 0 atom stereocenters. The monoisotopic (exact) mass is 518 g/mol. The fourth-order valence-corrected chi connectivity index (χ4v) is 4.13. The van der Waals surface area contributed by atoms with E-state index < -0.39 is 0 Å². The molecule has 0 aromatic heterocycles. The molecule has 29 heavy (non-hydrogen) atoms. The number of amides is 1. The largest absolute Gasteiger partial charge is 0.497 e. The highest BCUT2D eigenvalue weighted by Gasteiger charge is 2.12. The lowest BCUT2D eigenvalue weighted by atomic mass is 10.2. The van der Waals surface area contributed by atoms with Crippen molar-refractivity contribution in [3.05, 3.63) is 81.2 Å². The van der Waals surface area contributed by atoms with Gasteiger partial charge in [0.1, 0.15) is 11.5 Å². The second-order valence-corrected chi connectivity index (χ2v) is 7.88. The Kier molecular flexibility index (Phi) is 7.55. The van der Waals surface area contributed by atoms with E-state index in [1.54, 1.807) is 7.11 Å². The third-order valence-corrected chi connectivity index (χ3v) is 5.23. The number of nitrogens with one attached hydrogen (secondary N) is 2. The molecule has 5 nitrogen and oxygen atoms in total. The van der Waals surface area contributed by atoms with Crippen LogP contribution in [0.3, 0.4) is 0 Å². The summed E-state index contributed by atoms with van der Waals surface area (Å²) in [7, 11) is 1.65. The molecule has 0 fully saturated rings. The summed E-state index contributed by atoms with van der Waals surface area (Å²) < 4.78 is 12.4. The predicted molar refractivity (Wildman–Crippen MR) is 123 cm³/mol. The van der Waals surface area contributed by atoms with E-state index in [9.17, 15) is 4.79 Å². The summed E-state index contributed by atoms with van der Waals surface area (Å²) in [4.78, 5) is 12.1. The molecular weight excluding hydrogens is 500 g/mol. The van der Waals surface area contributed by atoms with Gasteiger partial charge in [0, 0.05) is 17.9 Å². The highest BCUT2D eigenvalue weighted by Crippen LogP contribution is 2.35. The van der Waals surface area contributed by atoms with Gasteiger partial charge >= 0.3 is 0 Å². The number of carbonyl (C=O) groups is 1. The van der Waals surface area contributed by atoms with Crippen molar-refractivity contribution >= 4 is 49.1 Å². The molecule has 0 radical (unpaired) electrons. The van der Waals surface area contributed by atoms with Crippen LogP contribution < -0.4 is 20.1 Å². The highest BCUT2D eigenvalue weighted by molar-refractivity contribution is 9.11. The molecule has 0 unspecified atom stereocenters. The SMILES string of the molecule is COc1ccc(NCc2cc(Br)c(OCC(=O)Nc3ccccc3)c(Br)c2)cc1. The molecule has 0 saturated heterocycles. The topological polar surface area (TPSA) is 59.6 Å². The van der Waals surface area contributed by atoms with Crippen LogP contribution in [0.5, 0.6) is 11.5 Å². The predicted octanol–water partition coefficient (Wildman–Crippen LogP) is 5.85. The van der Waals surface area contributed by atoms with Crippen molar-refractivity contribution in [2.75, 3.05) is 24.4 Å². The van der Waals surface area contributed by atoms with Crippen molar-refractivity contribution in [1.29, 1.82) is 0 Å². The van der Waals surface area contributed by atoms with E-state index >= 15 is 0 Å². The zero-order chi connectivity index (χ0) is 20.6. The Morgan fingerprint density at radius 3 is 2.21 bits per heavy atom. The lowest BCUT2D eigenvalue weighted by Crippen LogP contribution is -2.20. The zero-order valence-electron chi connectivity index (χ0n) is 15.7.